The first-order valence-electron chi connectivity index (χ1n) is 22.2. The lowest BCUT2D eigenvalue weighted by Crippen LogP contribution is -2.61. The van der Waals surface area contributed by atoms with E-state index in [1.165, 1.54) is 32.4 Å². The van der Waals surface area contributed by atoms with Crippen molar-refractivity contribution < 1.29 is 32.4 Å². The number of hydrogen-bond acceptors (Lipinski definition) is 8. The molecule has 0 radical (unpaired) electrons. The summed E-state index contributed by atoms with van der Waals surface area (Å²) in [6, 6.07) is -3.70. The second-order valence-corrected chi connectivity index (χ2v) is 21.2. The molecular weight excluding hydrogens is 745 g/mol. The van der Waals surface area contributed by atoms with E-state index in [-0.39, 0.29) is 34.5 Å². The standard InChI is InChI=1S/C35H57N5O7S.C6H13N.C2H6/c1-7-12-24(28(42)39-48(46,47)23-15-16-23)37-29(43)25-19-35(33(5,6)34(35)17-11-18-34)20-40(25)31(45)27(32(2,3)4)38-30(44)26(36-21-41)22-13-9-8-10-14-22;1-7-5-3-2-4-6-7;1-2/h21-27H,7-20H2,1-6H3,(H,36,41)(H,37,43)(H,38,44)(H,39,42);2-6H2,1H3;1-2H3/t24-,25-,26?,27+,35?;;/m0../s1. The van der Waals surface area contributed by atoms with Crippen LogP contribution >= 0.6 is 0 Å². The van der Waals surface area contributed by atoms with E-state index in [1.807, 2.05) is 41.5 Å². The van der Waals surface area contributed by atoms with Crippen LogP contribution in [0, 0.1) is 27.6 Å². The molecule has 57 heavy (non-hydrogen) atoms. The topological polar surface area (TPSA) is 174 Å². The van der Waals surface area contributed by atoms with Crippen LogP contribution in [-0.2, 0) is 34.0 Å². The van der Waals surface area contributed by atoms with E-state index < -0.39 is 62.6 Å². The minimum atomic E-state index is -3.81. The van der Waals surface area contributed by atoms with Crippen LogP contribution in [0.5, 0.6) is 0 Å². The molecule has 4 saturated carbocycles. The lowest BCUT2D eigenvalue weighted by molar-refractivity contribution is -0.145. The summed E-state index contributed by atoms with van der Waals surface area (Å²) in [6.45, 7) is 18.9. The summed E-state index contributed by atoms with van der Waals surface area (Å²) in [7, 11) is -1.61. The van der Waals surface area contributed by atoms with Crippen LogP contribution in [0.25, 0.3) is 0 Å². The summed E-state index contributed by atoms with van der Waals surface area (Å²) in [4.78, 5) is 71.5. The highest BCUT2D eigenvalue weighted by atomic mass is 32.2. The van der Waals surface area contributed by atoms with Gasteiger partial charge < -0.3 is 25.8 Å². The number of carbonyl (C=O) groups excluding carboxylic acids is 5. The number of carbonyl (C=O) groups is 5. The number of sulfonamides is 1. The molecule has 0 aromatic rings. The Morgan fingerprint density at radius 3 is 1.89 bits per heavy atom. The number of rotatable bonds is 13. The Balaban J connectivity index is 0.000000712. The van der Waals surface area contributed by atoms with Crippen molar-refractivity contribution in [3.8, 4) is 0 Å². The number of likely N-dealkylation sites (tertiary alicyclic amines) is 2. The summed E-state index contributed by atoms with van der Waals surface area (Å²) < 4.78 is 27.3. The Morgan fingerprint density at radius 2 is 1.44 bits per heavy atom. The van der Waals surface area contributed by atoms with Crippen LogP contribution in [0.1, 0.15) is 158 Å². The second-order valence-electron chi connectivity index (χ2n) is 19.2. The first kappa shape index (κ1) is 46.9. The number of amides is 5. The van der Waals surface area contributed by atoms with Crippen molar-refractivity contribution in [3.63, 3.8) is 0 Å². The fraction of sp³-hybridized carbons (Fsp3) is 0.884. The van der Waals surface area contributed by atoms with Gasteiger partial charge >= 0.3 is 0 Å². The molecular formula is C43H76N6O7S. The number of nitrogens with one attached hydrogen (secondary N) is 4. The Kier molecular flexibility index (Phi) is 15.7. The van der Waals surface area contributed by atoms with Gasteiger partial charge in [-0.15, -0.1) is 0 Å². The molecule has 14 heteroatoms. The van der Waals surface area contributed by atoms with Gasteiger partial charge in [-0.2, -0.15) is 0 Å². The fourth-order valence-electron chi connectivity index (χ4n) is 10.6. The SMILES string of the molecule is CC.CCC[C@H](NC(=O)[C@@H]1CC2(CN1C(=O)[C@@H](NC(=O)C(NC=O)C1CCCCC1)C(C)(C)C)C(C)(C)C21CCC1)C(=O)NS(=O)(=O)C1CC1.CN1CCCCC1. The Hall–Kier alpha value is -2.74. The van der Waals surface area contributed by atoms with Gasteiger partial charge in [0.25, 0.3) is 5.91 Å². The summed E-state index contributed by atoms with van der Waals surface area (Å²) in [5.41, 5.74) is -1.10. The third-order valence-corrected chi connectivity index (χ3v) is 16.3. The minimum absolute atomic E-state index is 0.0204. The van der Waals surface area contributed by atoms with Gasteiger partial charge in [0.05, 0.1) is 5.25 Å². The van der Waals surface area contributed by atoms with E-state index in [1.54, 1.807) is 4.90 Å². The average molecular weight is 821 g/mol. The van der Waals surface area contributed by atoms with Crippen molar-refractivity contribution in [2.45, 2.75) is 188 Å². The number of piperidine rings is 1. The first-order valence-corrected chi connectivity index (χ1v) is 23.8. The molecule has 6 rings (SSSR count). The monoisotopic (exact) mass is 821 g/mol. The molecule has 6 fully saturated rings. The van der Waals surface area contributed by atoms with Gasteiger partial charge in [-0.05, 0) is 107 Å². The van der Waals surface area contributed by atoms with Crippen molar-refractivity contribution in [3.05, 3.63) is 0 Å². The van der Waals surface area contributed by atoms with Gasteiger partial charge in [0, 0.05) is 12.0 Å². The van der Waals surface area contributed by atoms with Crippen LogP contribution in [0.2, 0.25) is 0 Å². The third kappa shape index (κ3) is 10.0. The molecule has 0 bridgehead atoms. The maximum Gasteiger partial charge on any atom is 0.256 e. The summed E-state index contributed by atoms with van der Waals surface area (Å²) in [5, 5.41) is 7.96. The third-order valence-electron chi connectivity index (χ3n) is 14.4. The Bertz CT molecular complexity index is 1530. The molecule has 2 spiro atoms. The van der Waals surface area contributed by atoms with E-state index in [2.05, 4.69) is 46.5 Å². The van der Waals surface area contributed by atoms with E-state index >= 15 is 0 Å². The Morgan fingerprint density at radius 1 is 0.842 bits per heavy atom. The van der Waals surface area contributed by atoms with E-state index in [4.69, 9.17) is 0 Å². The number of hydrogen-bond donors (Lipinski definition) is 4. The molecule has 6 aliphatic rings. The van der Waals surface area contributed by atoms with Gasteiger partial charge in [0.1, 0.15) is 24.2 Å². The smallest absolute Gasteiger partial charge is 0.256 e. The molecule has 2 aliphatic heterocycles. The van der Waals surface area contributed by atoms with Crippen LogP contribution < -0.4 is 20.7 Å². The molecule has 2 unspecified atom stereocenters. The van der Waals surface area contributed by atoms with Crippen molar-refractivity contribution in [2.75, 3.05) is 26.7 Å². The predicted octanol–water partition coefficient (Wildman–Crippen LogP) is 5.03. The Labute approximate surface area is 343 Å². The predicted molar refractivity (Wildman–Crippen MR) is 223 cm³/mol. The van der Waals surface area contributed by atoms with Gasteiger partial charge in [-0.3, -0.25) is 28.7 Å². The quantitative estimate of drug-likeness (QED) is 0.187. The number of nitrogens with zero attached hydrogens (tertiary/aromatic N) is 2. The maximum atomic E-state index is 14.7. The van der Waals surface area contributed by atoms with E-state index in [0.29, 0.717) is 38.6 Å². The number of fused-ring (bicyclic) bond motifs is 1. The van der Waals surface area contributed by atoms with Crippen LogP contribution in [0.3, 0.4) is 0 Å². The van der Waals surface area contributed by atoms with Gasteiger partial charge in [0.15, 0.2) is 0 Å². The van der Waals surface area contributed by atoms with E-state index in [9.17, 15) is 32.4 Å². The highest BCUT2D eigenvalue weighted by Gasteiger charge is 2.85. The molecule has 0 aromatic carbocycles. The average Bonchev–Trinajstić information content (AvgIpc) is 4.02. The molecule has 2 heterocycles. The van der Waals surface area contributed by atoms with Crippen molar-refractivity contribution in [2.24, 2.45) is 27.6 Å². The fourth-order valence-corrected chi connectivity index (χ4v) is 12.0. The van der Waals surface area contributed by atoms with Crippen LogP contribution in [0.4, 0.5) is 0 Å². The molecule has 13 nitrogen and oxygen atoms in total. The minimum Gasteiger partial charge on any atom is -0.347 e. The van der Waals surface area contributed by atoms with Gasteiger partial charge in [-0.25, -0.2) is 8.42 Å². The zero-order valence-electron chi connectivity index (χ0n) is 36.6. The molecule has 0 aromatic heterocycles. The molecule has 326 valence electrons. The highest BCUT2D eigenvalue weighted by Crippen LogP contribution is 2.88. The van der Waals surface area contributed by atoms with E-state index in [0.717, 1.165) is 51.4 Å². The van der Waals surface area contributed by atoms with Crippen molar-refractivity contribution >= 4 is 40.1 Å². The summed E-state index contributed by atoms with van der Waals surface area (Å²) in [6.07, 6.45) is 14.8. The summed E-state index contributed by atoms with van der Waals surface area (Å²) >= 11 is 0. The van der Waals surface area contributed by atoms with Crippen molar-refractivity contribution in [1.82, 2.24) is 30.5 Å². The zero-order valence-corrected chi connectivity index (χ0v) is 37.5. The molecule has 2 saturated heterocycles. The second kappa shape index (κ2) is 19.1. The zero-order chi connectivity index (χ0) is 42.4. The first-order chi connectivity index (χ1) is 26.9. The largest absolute Gasteiger partial charge is 0.347 e. The normalized spacial score (nSPS) is 26.9. The maximum absolute atomic E-state index is 14.7. The lowest BCUT2D eigenvalue weighted by Gasteiger charge is -2.37. The van der Waals surface area contributed by atoms with Crippen molar-refractivity contribution in [1.29, 1.82) is 0 Å². The van der Waals surface area contributed by atoms with Gasteiger partial charge in [-0.1, -0.05) is 93.9 Å². The highest BCUT2D eigenvalue weighted by molar-refractivity contribution is 7.90. The summed E-state index contributed by atoms with van der Waals surface area (Å²) in [5.74, 6) is -2.05. The van der Waals surface area contributed by atoms with Crippen LogP contribution in [0.15, 0.2) is 0 Å². The molecule has 4 N–H and O–H groups in total. The lowest BCUT2D eigenvalue weighted by atomic mass is 9.73. The molecule has 4 aliphatic carbocycles. The van der Waals surface area contributed by atoms with Gasteiger partial charge in [0.2, 0.25) is 34.2 Å². The molecule has 5 amide bonds. The van der Waals surface area contributed by atoms with Crippen LogP contribution in [-0.4, -0.2) is 104 Å². The molecule has 5 atom stereocenters.